The van der Waals surface area contributed by atoms with Crippen molar-refractivity contribution in [2.45, 2.75) is 19.8 Å². The van der Waals surface area contributed by atoms with Crippen molar-refractivity contribution in [2.24, 2.45) is 0 Å². The number of rotatable bonds is 6. The first-order valence-electron chi connectivity index (χ1n) is 9.99. The normalized spacial score (nSPS) is 10.9. The molecule has 1 aromatic heterocycles. The Balaban J connectivity index is 2.02. The Morgan fingerprint density at radius 2 is 1.60 bits per heavy atom. The summed E-state index contributed by atoms with van der Waals surface area (Å²) in [5.74, 6) is 0.0460. The van der Waals surface area contributed by atoms with E-state index in [-0.39, 0.29) is 18.4 Å². The van der Waals surface area contributed by atoms with Gasteiger partial charge in [-0.05, 0) is 23.6 Å². The molecule has 0 aliphatic heterocycles. The van der Waals surface area contributed by atoms with Gasteiger partial charge in [-0.1, -0.05) is 56.3 Å². The van der Waals surface area contributed by atoms with E-state index in [0.29, 0.717) is 17.2 Å². The zero-order valence-electron chi connectivity index (χ0n) is 18.2. The summed E-state index contributed by atoms with van der Waals surface area (Å²) >= 11 is 0. The number of aromatic nitrogens is 2. The number of carbonyl (C=O) groups is 2. The highest BCUT2D eigenvalue weighted by Crippen LogP contribution is 2.26. The van der Waals surface area contributed by atoms with Gasteiger partial charge in [-0.25, -0.2) is 4.68 Å². The molecule has 3 aromatic rings. The van der Waals surface area contributed by atoms with Gasteiger partial charge < -0.3 is 9.80 Å². The molecule has 2 amide bonds. The van der Waals surface area contributed by atoms with Crippen molar-refractivity contribution in [3.05, 3.63) is 71.9 Å². The Morgan fingerprint density at radius 1 is 0.967 bits per heavy atom. The molecule has 2 aromatic carbocycles. The van der Waals surface area contributed by atoms with Gasteiger partial charge in [-0.3, -0.25) is 9.59 Å². The van der Waals surface area contributed by atoms with Crippen LogP contribution in [0.2, 0.25) is 0 Å². The minimum absolute atomic E-state index is 0.00801. The van der Waals surface area contributed by atoms with Crippen LogP contribution in [-0.4, -0.2) is 59.1 Å². The van der Waals surface area contributed by atoms with Gasteiger partial charge in [-0.2, -0.15) is 5.10 Å². The van der Waals surface area contributed by atoms with Crippen molar-refractivity contribution in [3.8, 4) is 16.9 Å². The lowest BCUT2D eigenvalue weighted by Crippen LogP contribution is -2.37. The first kappa shape index (κ1) is 21.3. The molecule has 0 atom stereocenters. The molecule has 0 saturated carbocycles. The van der Waals surface area contributed by atoms with Crippen LogP contribution in [0.15, 0.2) is 60.8 Å². The maximum absolute atomic E-state index is 13.2. The van der Waals surface area contributed by atoms with E-state index in [1.54, 1.807) is 32.0 Å². The van der Waals surface area contributed by atoms with Crippen molar-refractivity contribution in [1.29, 1.82) is 0 Å². The van der Waals surface area contributed by atoms with Crippen molar-refractivity contribution in [3.63, 3.8) is 0 Å². The second-order valence-electron chi connectivity index (χ2n) is 7.90. The highest BCUT2D eigenvalue weighted by Gasteiger charge is 2.23. The van der Waals surface area contributed by atoms with E-state index < -0.39 is 0 Å². The van der Waals surface area contributed by atoms with Crippen molar-refractivity contribution in [2.75, 3.05) is 27.7 Å². The highest BCUT2D eigenvalue weighted by atomic mass is 16.2. The van der Waals surface area contributed by atoms with Gasteiger partial charge in [0, 0.05) is 32.9 Å². The topological polar surface area (TPSA) is 58.4 Å². The number of amides is 2. The quantitative estimate of drug-likeness (QED) is 0.628. The molecule has 6 heteroatoms. The van der Waals surface area contributed by atoms with Crippen LogP contribution in [0.1, 0.15) is 35.7 Å². The lowest BCUT2D eigenvalue weighted by atomic mass is 9.99. The van der Waals surface area contributed by atoms with Crippen molar-refractivity contribution < 1.29 is 9.59 Å². The molecular weight excluding hydrogens is 376 g/mol. The van der Waals surface area contributed by atoms with Crippen molar-refractivity contribution >= 4 is 11.8 Å². The van der Waals surface area contributed by atoms with Gasteiger partial charge in [-0.15, -0.1) is 0 Å². The number of para-hydroxylation sites is 1. The third kappa shape index (κ3) is 4.59. The number of nitrogens with zero attached hydrogens (tertiary/aromatic N) is 4. The summed E-state index contributed by atoms with van der Waals surface area (Å²) in [6.45, 7) is 4.30. The maximum atomic E-state index is 13.2. The van der Waals surface area contributed by atoms with Crippen LogP contribution >= 0.6 is 0 Å². The van der Waals surface area contributed by atoms with Gasteiger partial charge >= 0.3 is 0 Å². The molecule has 0 unspecified atom stereocenters. The van der Waals surface area contributed by atoms with Crippen LogP contribution in [0.5, 0.6) is 0 Å². The molecule has 0 N–H and O–H groups in total. The average Bonchev–Trinajstić information content (AvgIpc) is 3.19. The van der Waals surface area contributed by atoms with Crippen LogP contribution in [0.3, 0.4) is 0 Å². The number of likely N-dealkylation sites (N-methyl/N-ethyl adjacent to an activating group) is 2. The van der Waals surface area contributed by atoms with Crippen LogP contribution in [-0.2, 0) is 4.79 Å². The average molecular weight is 405 g/mol. The van der Waals surface area contributed by atoms with Gasteiger partial charge in [0.2, 0.25) is 5.91 Å². The van der Waals surface area contributed by atoms with Gasteiger partial charge in [0.1, 0.15) is 5.69 Å². The fourth-order valence-corrected chi connectivity index (χ4v) is 3.10. The zero-order chi connectivity index (χ0) is 21.8. The lowest BCUT2D eigenvalue weighted by Gasteiger charge is -2.19. The number of hydrogen-bond acceptors (Lipinski definition) is 3. The molecule has 30 heavy (non-hydrogen) atoms. The van der Waals surface area contributed by atoms with Crippen LogP contribution in [0.4, 0.5) is 0 Å². The first-order chi connectivity index (χ1) is 14.3. The minimum Gasteiger partial charge on any atom is -0.347 e. The van der Waals surface area contributed by atoms with Gasteiger partial charge in [0.05, 0.1) is 17.8 Å². The summed E-state index contributed by atoms with van der Waals surface area (Å²) in [5, 5.41) is 4.72. The molecule has 6 nitrogen and oxygen atoms in total. The third-order valence-corrected chi connectivity index (χ3v) is 5.03. The Hall–Kier alpha value is -3.41. The summed E-state index contributed by atoms with van der Waals surface area (Å²) in [6, 6.07) is 17.8. The minimum atomic E-state index is -0.240. The fourth-order valence-electron chi connectivity index (χ4n) is 3.10. The molecule has 0 aliphatic carbocycles. The molecule has 0 fully saturated rings. The third-order valence-electron chi connectivity index (χ3n) is 5.03. The van der Waals surface area contributed by atoms with E-state index in [9.17, 15) is 9.59 Å². The van der Waals surface area contributed by atoms with E-state index in [0.717, 1.165) is 11.3 Å². The predicted molar refractivity (Wildman–Crippen MR) is 119 cm³/mol. The lowest BCUT2D eigenvalue weighted by molar-refractivity contribution is -0.129. The first-order valence-corrected chi connectivity index (χ1v) is 9.99. The van der Waals surface area contributed by atoms with E-state index in [4.69, 9.17) is 5.10 Å². The summed E-state index contributed by atoms with van der Waals surface area (Å²) in [6.07, 6.45) is 1.74. The van der Waals surface area contributed by atoms with E-state index >= 15 is 0 Å². The summed E-state index contributed by atoms with van der Waals surface area (Å²) in [7, 11) is 4.99. The van der Waals surface area contributed by atoms with E-state index in [2.05, 4.69) is 26.0 Å². The van der Waals surface area contributed by atoms with Crippen LogP contribution in [0, 0.1) is 0 Å². The summed E-state index contributed by atoms with van der Waals surface area (Å²) in [5.41, 5.74) is 4.02. The molecular formula is C24H28N4O2. The Bertz CT molecular complexity index is 1020. The molecule has 0 spiro atoms. The van der Waals surface area contributed by atoms with Gasteiger partial charge in [0.25, 0.3) is 5.91 Å². The molecule has 3 rings (SSSR count). The monoisotopic (exact) mass is 404 g/mol. The van der Waals surface area contributed by atoms with Crippen LogP contribution < -0.4 is 0 Å². The van der Waals surface area contributed by atoms with Crippen LogP contribution in [0.25, 0.3) is 16.9 Å². The summed E-state index contributed by atoms with van der Waals surface area (Å²) < 4.78 is 1.71. The number of hydrogen-bond donors (Lipinski definition) is 0. The maximum Gasteiger partial charge on any atom is 0.257 e. The standard InChI is InChI=1S/C24H28N4O2/c1-17(2)18-11-13-19(14-12-18)23-21(24(30)27(5)16-22(29)26(3)4)15-28(25-23)20-9-7-6-8-10-20/h6-15,17H,16H2,1-5H3. The Morgan fingerprint density at radius 3 is 2.17 bits per heavy atom. The van der Waals surface area contributed by atoms with E-state index in [1.807, 2.05) is 42.5 Å². The van der Waals surface area contributed by atoms with Crippen molar-refractivity contribution in [1.82, 2.24) is 19.6 Å². The molecule has 0 aliphatic rings. The molecule has 0 saturated heterocycles. The fraction of sp³-hybridized carbons (Fsp3) is 0.292. The largest absolute Gasteiger partial charge is 0.347 e. The summed E-state index contributed by atoms with van der Waals surface area (Å²) in [4.78, 5) is 28.2. The number of carbonyl (C=O) groups excluding carboxylic acids is 2. The Labute approximate surface area is 177 Å². The van der Waals surface area contributed by atoms with E-state index in [1.165, 1.54) is 15.4 Å². The number of benzene rings is 2. The smallest absolute Gasteiger partial charge is 0.257 e. The zero-order valence-corrected chi connectivity index (χ0v) is 18.2. The predicted octanol–water partition coefficient (Wildman–Crippen LogP) is 3.82. The molecule has 1 heterocycles. The molecule has 0 radical (unpaired) electrons. The Kier molecular flexibility index (Phi) is 6.35. The second-order valence-corrected chi connectivity index (χ2v) is 7.90. The molecule has 0 bridgehead atoms. The highest BCUT2D eigenvalue weighted by molar-refractivity contribution is 6.01. The second kappa shape index (κ2) is 8.95. The SMILES string of the molecule is CC(C)c1ccc(-c2nn(-c3ccccc3)cc2C(=O)N(C)CC(=O)N(C)C)cc1. The van der Waals surface area contributed by atoms with Gasteiger partial charge in [0.15, 0.2) is 0 Å². The molecule has 156 valence electrons.